The summed E-state index contributed by atoms with van der Waals surface area (Å²) < 4.78 is 0. The molecule has 0 spiro atoms. The minimum Gasteiger partial charge on any atom is -0.263 e. The molecular weight excluding hydrogens is 252 g/mol. The van der Waals surface area contributed by atoms with Crippen molar-refractivity contribution in [2.24, 2.45) is 0 Å². The minimum absolute atomic E-state index is 0.516. The molecule has 0 saturated heterocycles. The van der Waals surface area contributed by atoms with E-state index in [2.05, 4.69) is 4.98 Å². The Hall–Kier alpha value is -0.760. The highest BCUT2D eigenvalue weighted by molar-refractivity contribution is 6.42. The van der Waals surface area contributed by atoms with Crippen molar-refractivity contribution in [2.45, 2.75) is 0 Å². The van der Waals surface area contributed by atoms with Gasteiger partial charge in [0.25, 0.3) is 0 Å². The molecule has 0 N–H and O–H groups in total. The molecule has 0 aliphatic heterocycles. The minimum atomic E-state index is 0.516. The second-order valence-electron chi connectivity index (χ2n) is 2.98. The Morgan fingerprint density at radius 3 is 2.33 bits per heavy atom. The van der Waals surface area contributed by atoms with E-state index in [1.54, 1.807) is 24.5 Å². The summed E-state index contributed by atoms with van der Waals surface area (Å²) >= 11 is 17.8. The highest BCUT2D eigenvalue weighted by Crippen LogP contribution is 2.31. The Kier molecular flexibility index (Phi) is 3.15. The third-order valence-corrected chi connectivity index (χ3v) is 3.04. The first-order valence-corrected chi connectivity index (χ1v) is 5.37. The fraction of sp³-hybridized carbons (Fsp3) is 0. The maximum absolute atomic E-state index is 6.01. The maximum Gasteiger partial charge on any atom is 0.0667 e. The van der Waals surface area contributed by atoms with Crippen LogP contribution in [0.1, 0.15) is 0 Å². The van der Waals surface area contributed by atoms with E-state index in [1.165, 1.54) is 0 Å². The topological polar surface area (TPSA) is 12.9 Å². The van der Waals surface area contributed by atoms with E-state index in [1.807, 2.05) is 12.1 Å². The van der Waals surface area contributed by atoms with Crippen molar-refractivity contribution in [3.63, 3.8) is 0 Å². The molecule has 4 heteroatoms. The molecule has 1 nitrogen and oxygen atoms in total. The molecule has 0 aliphatic carbocycles. The van der Waals surface area contributed by atoms with Crippen LogP contribution in [-0.4, -0.2) is 4.98 Å². The Morgan fingerprint density at radius 1 is 0.867 bits per heavy atom. The fourth-order valence-electron chi connectivity index (χ4n) is 1.27. The predicted octanol–water partition coefficient (Wildman–Crippen LogP) is 4.71. The van der Waals surface area contributed by atoms with Gasteiger partial charge in [0.1, 0.15) is 0 Å². The van der Waals surface area contributed by atoms with Gasteiger partial charge in [-0.2, -0.15) is 0 Å². The monoisotopic (exact) mass is 257 g/mol. The lowest BCUT2D eigenvalue weighted by atomic mass is 10.1. The largest absolute Gasteiger partial charge is 0.263 e. The van der Waals surface area contributed by atoms with Crippen molar-refractivity contribution in [2.75, 3.05) is 0 Å². The van der Waals surface area contributed by atoms with Crippen LogP contribution in [0.15, 0.2) is 36.7 Å². The molecule has 1 aromatic heterocycles. The molecule has 0 saturated carbocycles. The molecule has 1 heterocycles. The smallest absolute Gasteiger partial charge is 0.0667 e. The average molecular weight is 259 g/mol. The molecule has 15 heavy (non-hydrogen) atoms. The van der Waals surface area contributed by atoms with Gasteiger partial charge >= 0.3 is 0 Å². The molecule has 76 valence electrons. The van der Waals surface area contributed by atoms with Crippen LogP contribution in [0.5, 0.6) is 0 Å². The van der Waals surface area contributed by atoms with Gasteiger partial charge in [0.05, 0.1) is 15.1 Å². The number of aromatic nitrogens is 1. The van der Waals surface area contributed by atoms with Crippen LogP contribution in [0.4, 0.5) is 0 Å². The summed E-state index contributed by atoms with van der Waals surface area (Å²) in [4.78, 5) is 3.92. The Labute approximate surface area is 103 Å². The van der Waals surface area contributed by atoms with Gasteiger partial charge in [-0.05, 0) is 23.8 Å². The summed E-state index contributed by atoms with van der Waals surface area (Å²) in [5.74, 6) is 0. The number of hydrogen-bond acceptors (Lipinski definition) is 1. The van der Waals surface area contributed by atoms with Crippen molar-refractivity contribution in [3.8, 4) is 11.1 Å². The van der Waals surface area contributed by atoms with Crippen LogP contribution in [0.25, 0.3) is 11.1 Å². The summed E-state index contributed by atoms with van der Waals surface area (Å²) in [5, 5.41) is 1.64. The number of pyridine rings is 1. The van der Waals surface area contributed by atoms with Gasteiger partial charge in [0.15, 0.2) is 0 Å². The van der Waals surface area contributed by atoms with Crippen LogP contribution in [0.2, 0.25) is 15.1 Å². The van der Waals surface area contributed by atoms with E-state index in [4.69, 9.17) is 34.8 Å². The molecule has 0 aliphatic rings. The van der Waals surface area contributed by atoms with Gasteiger partial charge in [0.2, 0.25) is 0 Å². The first-order chi connectivity index (χ1) is 7.18. The van der Waals surface area contributed by atoms with Gasteiger partial charge in [-0.15, -0.1) is 0 Å². The third kappa shape index (κ3) is 2.25. The van der Waals surface area contributed by atoms with Gasteiger partial charge in [-0.25, -0.2) is 0 Å². The number of rotatable bonds is 1. The SMILES string of the molecule is Clc1ccc(-c2ccncc2Cl)cc1Cl. The molecule has 1 aromatic carbocycles. The van der Waals surface area contributed by atoms with Crippen LogP contribution < -0.4 is 0 Å². The van der Waals surface area contributed by atoms with E-state index in [-0.39, 0.29) is 0 Å². The van der Waals surface area contributed by atoms with E-state index in [0.717, 1.165) is 11.1 Å². The van der Waals surface area contributed by atoms with Crippen LogP contribution in [0.3, 0.4) is 0 Å². The number of hydrogen-bond donors (Lipinski definition) is 0. The van der Waals surface area contributed by atoms with Crippen molar-refractivity contribution < 1.29 is 0 Å². The zero-order chi connectivity index (χ0) is 10.8. The molecule has 0 atom stereocenters. The standard InChI is InChI=1S/C11H6Cl3N/c12-9-2-1-7(5-10(9)13)8-3-4-15-6-11(8)14/h1-6H. The first-order valence-electron chi connectivity index (χ1n) is 4.23. The molecule has 0 bridgehead atoms. The molecule has 0 amide bonds. The van der Waals surface area contributed by atoms with E-state index < -0.39 is 0 Å². The second kappa shape index (κ2) is 4.40. The number of halogens is 3. The van der Waals surface area contributed by atoms with Crippen LogP contribution in [-0.2, 0) is 0 Å². The predicted molar refractivity (Wildman–Crippen MR) is 64.7 cm³/mol. The van der Waals surface area contributed by atoms with E-state index >= 15 is 0 Å². The maximum atomic E-state index is 6.01. The van der Waals surface area contributed by atoms with E-state index in [9.17, 15) is 0 Å². The molecule has 0 radical (unpaired) electrons. The summed E-state index contributed by atoms with van der Waals surface area (Å²) in [6.45, 7) is 0. The fourth-order valence-corrected chi connectivity index (χ4v) is 1.80. The normalized spacial score (nSPS) is 10.3. The van der Waals surface area contributed by atoms with Crippen molar-refractivity contribution in [1.29, 1.82) is 0 Å². The van der Waals surface area contributed by atoms with Gasteiger partial charge < -0.3 is 0 Å². The van der Waals surface area contributed by atoms with Gasteiger partial charge in [-0.1, -0.05) is 40.9 Å². The van der Waals surface area contributed by atoms with Crippen LogP contribution in [0, 0.1) is 0 Å². The molecule has 2 aromatic rings. The van der Waals surface area contributed by atoms with E-state index in [0.29, 0.717) is 15.1 Å². The van der Waals surface area contributed by atoms with Crippen LogP contribution >= 0.6 is 34.8 Å². The van der Waals surface area contributed by atoms with Gasteiger partial charge in [0, 0.05) is 18.0 Å². The highest BCUT2D eigenvalue weighted by atomic mass is 35.5. The Bertz CT molecular complexity index is 497. The molecule has 0 fully saturated rings. The van der Waals surface area contributed by atoms with Crippen molar-refractivity contribution in [3.05, 3.63) is 51.7 Å². The number of benzene rings is 1. The molecule has 2 rings (SSSR count). The third-order valence-electron chi connectivity index (χ3n) is 2.00. The zero-order valence-corrected chi connectivity index (χ0v) is 9.81. The quantitative estimate of drug-likeness (QED) is 0.722. The summed E-state index contributed by atoms with van der Waals surface area (Å²) in [6.07, 6.45) is 3.28. The highest BCUT2D eigenvalue weighted by Gasteiger charge is 2.05. The summed E-state index contributed by atoms with van der Waals surface area (Å²) in [5.41, 5.74) is 1.82. The molecule has 0 unspecified atom stereocenters. The Morgan fingerprint density at radius 2 is 1.67 bits per heavy atom. The van der Waals surface area contributed by atoms with Crippen molar-refractivity contribution in [1.82, 2.24) is 4.98 Å². The lowest BCUT2D eigenvalue weighted by molar-refractivity contribution is 1.33. The lowest BCUT2D eigenvalue weighted by Gasteiger charge is -2.04. The zero-order valence-electron chi connectivity index (χ0n) is 7.55. The second-order valence-corrected chi connectivity index (χ2v) is 4.21. The Balaban J connectivity index is 2.55. The summed E-state index contributed by atoms with van der Waals surface area (Å²) in [6, 6.07) is 7.23. The lowest BCUT2D eigenvalue weighted by Crippen LogP contribution is -1.81. The summed E-state index contributed by atoms with van der Waals surface area (Å²) in [7, 11) is 0. The average Bonchev–Trinajstić information content (AvgIpc) is 2.23. The number of nitrogens with zero attached hydrogens (tertiary/aromatic N) is 1. The first kappa shape index (κ1) is 10.7. The molecular formula is C11H6Cl3N. The van der Waals surface area contributed by atoms with Gasteiger partial charge in [-0.3, -0.25) is 4.98 Å². The van der Waals surface area contributed by atoms with Crippen molar-refractivity contribution >= 4 is 34.8 Å².